The van der Waals surface area contributed by atoms with Gasteiger partial charge in [-0.1, -0.05) is 29.5 Å². The number of carbonyl (C=O) groups is 2. The summed E-state index contributed by atoms with van der Waals surface area (Å²) in [4.78, 5) is 33.3. The number of Topliss-reactive ketones (excluding diaryl/α,β-unsaturated/α-hetero) is 1. The number of nitrogens with zero attached hydrogens (tertiary/aromatic N) is 3. The molecule has 0 fully saturated rings. The summed E-state index contributed by atoms with van der Waals surface area (Å²) in [5.41, 5.74) is 4.40. The first-order chi connectivity index (χ1) is 13.3. The quantitative estimate of drug-likeness (QED) is 0.583. The van der Waals surface area contributed by atoms with Crippen molar-refractivity contribution in [3.05, 3.63) is 58.7 Å². The summed E-state index contributed by atoms with van der Waals surface area (Å²) >= 11 is 1.54. The Bertz CT molecular complexity index is 1020. The van der Waals surface area contributed by atoms with Crippen LogP contribution in [0.1, 0.15) is 38.8 Å². The number of hydrogen-bond acceptors (Lipinski definition) is 5. The normalized spacial score (nSPS) is 11.2. The number of benzene rings is 2. The zero-order chi connectivity index (χ0) is 20.4. The lowest BCUT2D eigenvalue weighted by Crippen LogP contribution is -2.36. The van der Waals surface area contributed by atoms with Gasteiger partial charge in [-0.25, -0.2) is 4.98 Å². The summed E-state index contributed by atoms with van der Waals surface area (Å²) in [6.07, 6.45) is 0. The highest BCUT2D eigenvalue weighted by atomic mass is 32.1. The molecule has 0 atom stereocenters. The Kier molecular flexibility index (Phi) is 5.91. The van der Waals surface area contributed by atoms with Gasteiger partial charge in [0.2, 0.25) is 0 Å². The van der Waals surface area contributed by atoms with Gasteiger partial charge in [0.25, 0.3) is 5.91 Å². The molecule has 1 heterocycles. The summed E-state index contributed by atoms with van der Waals surface area (Å²) in [5, 5.41) is 0.700. The highest BCUT2D eigenvalue weighted by molar-refractivity contribution is 7.22. The average Bonchev–Trinajstić information content (AvgIpc) is 3.05. The Balaban J connectivity index is 1.99. The van der Waals surface area contributed by atoms with Gasteiger partial charge in [-0.15, -0.1) is 0 Å². The molecule has 0 bridgehead atoms. The second-order valence-corrected chi connectivity index (χ2v) is 8.33. The van der Waals surface area contributed by atoms with Crippen LogP contribution in [-0.4, -0.2) is 48.8 Å². The number of ketones is 1. The Hall–Kier alpha value is -2.57. The van der Waals surface area contributed by atoms with Gasteiger partial charge >= 0.3 is 0 Å². The van der Waals surface area contributed by atoms with Crippen LogP contribution in [0.25, 0.3) is 10.2 Å². The molecular weight excluding hydrogens is 370 g/mol. The Labute approximate surface area is 169 Å². The van der Waals surface area contributed by atoms with E-state index in [1.807, 2.05) is 25.9 Å². The highest BCUT2D eigenvalue weighted by Gasteiger charge is 2.22. The van der Waals surface area contributed by atoms with E-state index in [2.05, 4.69) is 19.1 Å². The van der Waals surface area contributed by atoms with Crippen LogP contribution in [0, 0.1) is 13.8 Å². The van der Waals surface area contributed by atoms with Crippen molar-refractivity contribution >= 4 is 38.4 Å². The van der Waals surface area contributed by atoms with E-state index in [1.165, 1.54) is 23.8 Å². The van der Waals surface area contributed by atoms with Crippen molar-refractivity contribution < 1.29 is 9.59 Å². The number of aromatic nitrogens is 1. The number of hydrogen-bond donors (Lipinski definition) is 0. The summed E-state index contributed by atoms with van der Waals surface area (Å²) in [5.74, 6) is -0.120. The van der Waals surface area contributed by atoms with E-state index in [0.29, 0.717) is 22.8 Å². The smallest absolute Gasteiger partial charge is 0.260 e. The van der Waals surface area contributed by atoms with Crippen LogP contribution >= 0.6 is 11.3 Å². The second kappa shape index (κ2) is 8.20. The molecule has 6 heteroatoms. The number of rotatable bonds is 6. The van der Waals surface area contributed by atoms with E-state index < -0.39 is 0 Å². The van der Waals surface area contributed by atoms with Gasteiger partial charge in [0.15, 0.2) is 10.9 Å². The highest BCUT2D eigenvalue weighted by Crippen LogP contribution is 2.32. The fourth-order valence-corrected chi connectivity index (χ4v) is 4.23. The third-order valence-electron chi connectivity index (χ3n) is 4.60. The van der Waals surface area contributed by atoms with Crippen molar-refractivity contribution in [2.75, 3.05) is 32.1 Å². The van der Waals surface area contributed by atoms with E-state index in [1.54, 1.807) is 29.2 Å². The third kappa shape index (κ3) is 4.29. The molecule has 3 aromatic rings. The molecule has 0 aliphatic carbocycles. The number of likely N-dealkylation sites (N-methyl/N-ethyl adjacent to an activating group) is 1. The molecule has 0 radical (unpaired) electrons. The van der Waals surface area contributed by atoms with Crippen LogP contribution in [-0.2, 0) is 0 Å². The minimum absolute atomic E-state index is 0.0134. The Morgan fingerprint density at radius 3 is 2.25 bits per heavy atom. The van der Waals surface area contributed by atoms with Crippen molar-refractivity contribution in [2.24, 2.45) is 0 Å². The topological polar surface area (TPSA) is 53.5 Å². The van der Waals surface area contributed by atoms with Crippen LogP contribution in [0.4, 0.5) is 5.13 Å². The van der Waals surface area contributed by atoms with Crippen molar-refractivity contribution in [3.8, 4) is 0 Å². The van der Waals surface area contributed by atoms with E-state index in [9.17, 15) is 9.59 Å². The van der Waals surface area contributed by atoms with Crippen LogP contribution in [0.15, 0.2) is 36.4 Å². The number of fused-ring (bicyclic) bond motifs is 1. The van der Waals surface area contributed by atoms with Crippen LogP contribution in [0.5, 0.6) is 0 Å². The predicted molar refractivity (Wildman–Crippen MR) is 116 cm³/mol. The molecule has 3 rings (SSSR count). The third-order valence-corrected chi connectivity index (χ3v) is 5.63. The van der Waals surface area contributed by atoms with Gasteiger partial charge in [0, 0.05) is 24.2 Å². The molecule has 0 N–H and O–H groups in total. The molecule has 28 heavy (non-hydrogen) atoms. The average molecular weight is 396 g/mol. The van der Waals surface area contributed by atoms with E-state index in [4.69, 9.17) is 4.98 Å². The van der Waals surface area contributed by atoms with Crippen molar-refractivity contribution in [2.45, 2.75) is 20.8 Å². The van der Waals surface area contributed by atoms with Gasteiger partial charge < -0.3 is 4.90 Å². The van der Waals surface area contributed by atoms with Crippen LogP contribution in [0.3, 0.4) is 0 Å². The van der Waals surface area contributed by atoms with Crippen LogP contribution in [0.2, 0.25) is 0 Å². The lowest BCUT2D eigenvalue weighted by molar-refractivity contribution is 0.0981. The largest absolute Gasteiger partial charge is 0.308 e. The molecule has 2 aromatic carbocycles. The lowest BCUT2D eigenvalue weighted by atomic mass is 10.1. The van der Waals surface area contributed by atoms with Gasteiger partial charge in [0.1, 0.15) is 0 Å². The van der Waals surface area contributed by atoms with Crippen molar-refractivity contribution in [1.29, 1.82) is 0 Å². The number of aryl methyl sites for hydroxylation is 2. The van der Waals surface area contributed by atoms with Gasteiger partial charge in [0.05, 0.1) is 10.2 Å². The fourth-order valence-electron chi connectivity index (χ4n) is 3.06. The number of carbonyl (C=O) groups excluding carboxylic acids is 2. The second-order valence-electron chi connectivity index (χ2n) is 7.32. The molecule has 0 unspecified atom stereocenters. The molecule has 0 aliphatic heterocycles. The summed E-state index contributed by atoms with van der Waals surface area (Å²) in [7, 11) is 3.96. The number of anilines is 1. The molecule has 5 nitrogen and oxygen atoms in total. The summed E-state index contributed by atoms with van der Waals surface area (Å²) in [6.45, 7) is 6.90. The van der Waals surface area contributed by atoms with Crippen LogP contribution < -0.4 is 4.90 Å². The first-order valence-electron chi connectivity index (χ1n) is 9.21. The maximum Gasteiger partial charge on any atom is 0.260 e. The molecule has 146 valence electrons. The predicted octanol–water partition coefficient (Wildman–Crippen LogP) is 4.32. The van der Waals surface area contributed by atoms with E-state index >= 15 is 0 Å². The summed E-state index contributed by atoms with van der Waals surface area (Å²) < 4.78 is 1.09. The maximum atomic E-state index is 13.3. The van der Waals surface area contributed by atoms with E-state index in [-0.39, 0.29) is 11.7 Å². The molecule has 1 aromatic heterocycles. The first-order valence-corrected chi connectivity index (χ1v) is 10.0. The Morgan fingerprint density at radius 2 is 1.64 bits per heavy atom. The lowest BCUT2D eigenvalue weighted by Gasteiger charge is -2.22. The zero-order valence-electron chi connectivity index (χ0n) is 16.9. The standard InChI is InChI=1S/C22H25N3O2S/c1-14-12-15(2)20-19(13-14)28-22(23-20)25(11-10-24(4)5)21(27)18-8-6-17(7-9-18)16(3)26/h6-9,12-13H,10-11H2,1-5H3. The number of thiazole rings is 1. The molecule has 0 saturated carbocycles. The molecular formula is C22H25N3O2S. The van der Waals surface area contributed by atoms with Gasteiger partial charge in [-0.2, -0.15) is 0 Å². The SMILES string of the molecule is CC(=O)c1ccc(C(=O)N(CCN(C)C)c2nc3c(C)cc(C)cc3s2)cc1. The molecule has 0 spiro atoms. The van der Waals surface area contributed by atoms with Gasteiger partial charge in [-0.05, 0) is 64.2 Å². The van der Waals surface area contributed by atoms with Crippen molar-refractivity contribution in [1.82, 2.24) is 9.88 Å². The maximum absolute atomic E-state index is 13.3. The molecule has 0 saturated heterocycles. The minimum Gasteiger partial charge on any atom is -0.308 e. The minimum atomic E-state index is -0.106. The Morgan fingerprint density at radius 1 is 1.00 bits per heavy atom. The fraction of sp³-hybridized carbons (Fsp3) is 0.318. The van der Waals surface area contributed by atoms with Crippen molar-refractivity contribution in [3.63, 3.8) is 0 Å². The first kappa shape index (κ1) is 20.2. The van der Waals surface area contributed by atoms with E-state index in [0.717, 1.165) is 22.3 Å². The summed E-state index contributed by atoms with van der Waals surface area (Å²) in [6, 6.07) is 11.0. The number of amides is 1. The monoisotopic (exact) mass is 395 g/mol. The zero-order valence-corrected chi connectivity index (χ0v) is 17.8. The molecule has 1 amide bonds. The van der Waals surface area contributed by atoms with Gasteiger partial charge in [-0.3, -0.25) is 14.5 Å². The molecule has 0 aliphatic rings.